The van der Waals surface area contributed by atoms with Gasteiger partial charge in [-0.3, -0.25) is 4.79 Å². The standard InChI is InChI=1S/C7H13NO5/c1-3(9)8-4-2-13-7(12)6(11)5(4)10/h4-7,10-12H,2H2,1H3,(H,8,9)/t4-,5-,6+,7+/m0/s1. The smallest absolute Gasteiger partial charge is 0.217 e. The number of nitrogens with one attached hydrogen (secondary N) is 1. The molecular formula is C7H13NO5. The van der Waals surface area contributed by atoms with Crippen molar-refractivity contribution < 1.29 is 24.9 Å². The molecule has 4 N–H and O–H groups in total. The summed E-state index contributed by atoms with van der Waals surface area (Å²) in [5.74, 6) is -0.323. The molecule has 1 rings (SSSR count). The van der Waals surface area contributed by atoms with E-state index in [1.165, 1.54) is 6.92 Å². The third-order valence-electron chi connectivity index (χ3n) is 1.89. The largest absolute Gasteiger partial charge is 0.388 e. The maximum Gasteiger partial charge on any atom is 0.217 e. The van der Waals surface area contributed by atoms with E-state index in [1.54, 1.807) is 0 Å². The summed E-state index contributed by atoms with van der Waals surface area (Å²) in [5.41, 5.74) is 0. The van der Waals surface area contributed by atoms with Crippen LogP contribution in [0.3, 0.4) is 0 Å². The Hall–Kier alpha value is -0.690. The first kappa shape index (κ1) is 10.4. The fraction of sp³-hybridized carbons (Fsp3) is 0.857. The first-order chi connectivity index (χ1) is 6.02. The summed E-state index contributed by atoms with van der Waals surface area (Å²) in [6, 6.07) is -0.670. The molecule has 1 aliphatic heterocycles. The zero-order valence-corrected chi connectivity index (χ0v) is 7.17. The zero-order chi connectivity index (χ0) is 10.0. The van der Waals surface area contributed by atoms with Crippen LogP contribution >= 0.6 is 0 Å². The van der Waals surface area contributed by atoms with Crippen LogP contribution in [-0.2, 0) is 9.53 Å². The van der Waals surface area contributed by atoms with Gasteiger partial charge in [0.25, 0.3) is 0 Å². The highest BCUT2D eigenvalue weighted by molar-refractivity contribution is 5.73. The Kier molecular flexibility index (Phi) is 3.21. The van der Waals surface area contributed by atoms with Gasteiger partial charge in [-0.05, 0) is 0 Å². The fourth-order valence-corrected chi connectivity index (χ4v) is 1.19. The minimum absolute atomic E-state index is 0.0149. The molecule has 1 saturated heterocycles. The number of ether oxygens (including phenoxy) is 1. The van der Waals surface area contributed by atoms with Crippen molar-refractivity contribution in [1.82, 2.24) is 5.32 Å². The number of carbonyl (C=O) groups excluding carboxylic acids is 1. The van der Waals surface area contributed by atoms with Crippen LogP contribution in [0.15, 0.2) is 0 Å². The Labute approximate surface area is 75.1 Å². The van der Waals surface area contributed by atoms with E-state index in [0.717, 1.165) is 0 Å². The van der Waals surface area contributed by atoms with Crippen molar-refractivity contribution in [1.29, 1.82) is 0 Å². The van der Waals surface area contributed by atoms with Gasteiger partial charge < -0.3 is 25.4 Å². The maximum absolute atomic E-state index is 10.6. The van der Waals surface area contributed by atoms with E-state index < -0.39 is 24.5 Å². The molecule has 1 aliphatic rings. The molecule has 1 amide bonds. The van der Waals surface area contributed by atoms with Crippen LogP contribution in [0.1, 0.15) is 6.92 Å². The Morgan fingerprint density at radius 1 is 1.38 bits per heavy atom. The molecule has 1 heterocycles. The Balaban J connectivity index is 2.53. The van der Waals surface area contributed by atoms with Crippen LogP contribution < -0.4 is 5.32 Å². The van der Waals surface area contributed by atoms with Gasteiger partial charge in [0.1, 0.15) is 12.2 Å². The molecule has 13 heavy (non-hydrogen) atoms. The Bertz CT molecular complexity index is 197. The number of rotatable bonds is 1. The van der Waals surface area contributed by atoms with Gasteiger partial charge in [0.2, 0.25) is 5.91 Å². The van der Waals surface area contributed by atoms with E-state index in [-0.39, 0.29) is 12.5 Å². The second-order valence-corrected chi connectivity index (χ2v) is 3.01. The van der Waals surface area contributed by atoms with Crippen LogP contribution in [0.25, 0.3) is 0 Å². The van der Waals surface area contributed by atoms with Crippen molar-refractivity contribution in [3.8, 4) is 0 Å². The fourth-order valence-electron chi connectivity index (χ4n) is 1.19. The van der Waals surface area contributed by atoms with Crippen molar-refractivity contribution in [2.75, 3.05) is 6.61 Å². The van der Waals surface area contributed by atoms with Crippen molar-refractivity contribution in [3.05, 3.63) is 0 Å². The molecule has 4 atom stereocenters. The molecule has 76 valence electrons. The summed E-state index contributed by atoms with van der Waals surface area (Å²) in [5, 5.41) is 29.9. The molecule has 0 unspecified atom stereocenters. The molecule has 0 radical (unpaired) electrons. The number of hydrogen-bond donors (Lipinski definition) is 4. The zero-order valence-electron chi connectivity index (χ0n) is 7.17. The van der Waals surface area contributed by atoms with Crippen molar-refractivity contribution >= 4 is 5.91 Å². The Morgan fingerprint density at radius 2 is 2.00 bits per heavy atom. The monoisotopic (exact) mass is 191 g/mol. The molecule has 0 bridgehead atoms. The number of hydrogen-bond acceptors (Lipinski definition) is 5. The summed E-state index contributed by atoms with van der Waals surface area (Å²) >= 11 is 0. The van der Waals surface area contributed by atoms with E-state index in [2.05, 4.69) is 5.32 Å². The highest BCUT2D eigenvalue weighted by Gasteiger charge is 2.37. The lowest BCUT2D eigenvalue weighted by Crippen LogP contribution is -2.58. The molecular weight excluding hydrogens is 178 g/mol. The van der Waals surface area contributed by atoms with Gasteiger partial charge >= 0.3 is 0 Å². The average molecular weight is 191 g/mol. The van der Waals surface area contributed by atoms with E-state index in [9.17, 15) is 9.90 Å². The quantitative estimate of drug-likeness (QED) is 0.369. The predicted octanol–water partition coefficient (Wildman–Crippen LogP) is -2.44. The second kappa shape index (κ2) is 4.01. The minimum atomic E-state index is -1.39. The van der Waals surface area contributed by atoms with E-state index in [4.69, 9.17) is 14.9 Å². The van der Waals surface area contributed by atoms with Gasteiger partial charge in [0.05, 0.1) is 12.6 Å². The third kappa shape index (κ3) is 2.38. The normalized spacial score (nSPS) is 40.0. The highest BCUT2D eigenvalue weighted by Crippen LogP contribution is 2.13. The van der Waals surface area contributed by atoms with Crippen LogP contribution in [0.2, 0.25) is 0 Å². The second-order valence-electron chi connectivity index (χ2n) is 3.01. The van der Waals surface area contributed by atoms with Crippen LogP contribution in [0, 0.1) is 0 Å². The van der Waals surface area contributed by atoms with Crippen LogP contribution in [0.5, 0.6) is 0 Å². The number of aliphatic hydroxyl groups excluding tert-OH is 3. The third-order valence-corrected chi connectivity index (χ3v) is 1.89. The predicted molar refractivity (Wildman–Crippen MR) is 41.6 cm³/mol. The topological polar surface area (TPSA) is 99.0 Å². The van der Waals surface area contributed by atoms with Gasteiger partial charge in [-0.25, -0.2) is 0 Å². The molecule has 0 aliphatic carbocycles. The molecule has 0 aromatic rings. The first-order valence-electron chi connectivity index (χ1n) is 3.95. The molecule has 0 aromatic carbocycles. The van der Waals surface area contributed by atoms with Crippen molar-refractivity contribution in [2.24, 2.45) is 0 Å². The van der Waals surface area contributed by atoms with Gasteiger partial charge in [-0.15, -0.1) is 0 Å². The molecule has 0 spiro atoms. The van der Waals surface area contributed by atoms with Crippen LogP contribution in [0.4, 0.5) is 0 Å². The van der Waals surface area contributed by atoms with Gasteiger partial charge in [-0.1, -0.05) is 0 Å². The van der Waals surface area contributed by atoms with Gasteiger partial charge in [-0.2, -0.15) is 0 Å². The molecule has 0 aromatic heterocycles. The lowest BCUT2D eigenvalue weighted by atomic mass is 10.0. The molecule has 6 nitrogen and oxygen atoms in total. The van der Waals surface area contributed by atoms with E-state index in [1.807, 2.05) is 0 Å². The van der Waals surface area contributed by atoms with E-state index >= 15 is 0 Å². The van der Waals surface area contributed by atoms with Crippen molar-refractivity contribution in [3.63, 3.8) is 0 Å². The summed E-state index contributed by atoms with van der Waals surface area (Å²) in [6.07, 6.45) is -3.97. The van der Waals surface area contributed by atoms with Gasteiger partial charge in [0, 0.05) is 6.92 Å². The SMILES string of the molecule is CC(=O)N[C@H]1CO[C@@H](O)[C@H](O)[C@H]1O. The Morgan fingerprint density at radius 3 is 2.54 bits per heavy atom. The summed E-state index contributed by atoms with van der Waals surface area (Å²) in [6.45, 7) is 1.28. The lowest BCUT2D eigenvalue weighted by Gasteiger charge is -2.35. The summed E-state index contributed by atoms with van der Waals surface area (Å²) in [4.78, 5) is 10.6. The molecule has 1 fully saturated rings. The number of carbonyl (C=O) groups is 1. The van der Waals surface area contributed by atoms with E-state index in [0.29, 0.717) is 0 Å². The van der Waals surface area contributed by atoms with Crippen molar-refractivity contribution in [2.45, 2.75) is 31.5 Å². The highest BCUT2D eigenvalue weighted by atomic mass is 16.6. The van der Waals surface area contributed by atoms with Gasteiger partial charge in [0.15, 0.2) is 6.29 Å². The van der Waals surface area contributed by atoms with Crippen LogP contribution in [-0.4, -0.2) is 52.4 Å². The summed E-state index contributed by atoms with van der Waals surface area (Å²) in [7, 11) is 0. The number of amides is 1. The maximum atomic E-state index is 10.6. The first-order valence-corrected chi connectivity index (χ1v) is 3.95. The minimum Gasteiger partial charge on any atom is -0.388 e. The molecule has 0 saturated carbocycles. The average Bonchev–Trinajstić information content (AvgIpc) is 2.06. The lowest BCUT2D eigenvalue weighted by molar-refractivity contribution is -0.229. The summed E-state index contributed by atoms with van der Waals surface area (Å²) < 4.78 is 4.70. The molecule has 6 heteroatoms. The number of aliphatic hydroxyl groups is 3.